The zero-order valence-corrected chi connectivity index (χ0v) is 13.8. The third-order valence-electron chi connectivity index (χ3n) is 3.76. The molecule has 1 atom stereocenters. The molecule has 122 valence electrons. The van der Waals surface area contributed by atoms with Gasteiger partial charge in [-0.25, -0.2) is 0 Å². The first kappa shape index (κ1) is 16.9. The van der Waals surface area contributed by atoms with Gasteiger partial charge in [0.25, 0.3) is 0 Å². The minimum atomic E-state index is -0.173. The molecule has 2 aromatic carbocycles. The highest BCUT2D eigenvalue weighted by atomic mass is 16.5. The fraction of sp³-hybridized carbons (Fsp3) is 0.316. The summed E-state index contributed by atoms with van der Waals surface area (Å²) in [6.45, 7) is 2.08. The van der Waals surface area contributed by atoms with Crippen molar-refractivity contribution in [1.82, 2.24) is 0 Å². The maximum absolute atomic E-state index is 12.7. The molecule has 23 heavy (non-hydrogen) atoms. The monoisotopic (exact) mass is 313 g/mol. The summed E-state index contributed by atoms with van der Waals surface area (Å²) in [4.78, 5) is 12.7. The van der Waals surface area contributed by atoms with Gasteiger partial charge in [-0.15, -0.1) is 0 Å². The van der Waals surface area contributed by atoms with E-state index in [0.717, 1.165) is 18.4 Å². The molecular weight excluding hydrogens is 290 g/mol. The van der Waals surface area contributed by atoms with Crippen molar-refractivity contribution in [2.75, 3.05) is 19.5 Å². The van der Waals surface area contributed by atoms with Gasteiger partial charge in [0.2, 0.25) is 5.91 Å². The molecule has 2 rings (SSSR count). The molecule has 2 aromatic rings. The molecule has 0 heterocycles. The largest absolute Gasteiger partial charge is 0.497 e. The van der Waals surface area contributed by atoms with E-state index < -0.39 is 0 Å². The van der Waals surface area contributed by atoms with Crippen LogP contribution < -0.4 is 14.8 Å². The van der Waals surface area contributed by atoms with Gasteiger partial charge in [0.1, 0.15) is 11.5 Å². The van der Waals surface area contributed by atoms with E-state index in [0.29, 0.717) is 17.2 Å². The Kier molecular flexibility index (Phi) is 6.03. The van der Waals surface area contributed by atoms with Crippen LogP contribution in [0.1, 0.15) is 31.2 Å². The molecule has 0 aliphatic heterocycles. The molecule has 0 saturated heterocycles. The highest BCUT2D eigenvalue weighted by molar-refractivity contribution is 5.97. The number of ether oxygens (including phenoxy) is 2. The van der Waals surface area contributed by atoms with Gasteiger partial charge in [0.15, 0.2) is 0 Å². The van der Waals surface area contributed by atoms with Crippen LogP contribution in [0, 0.1) is 0 Å². The molecule has 1 N–H and O–H groups in total. The molecule has 0 spiro atoms. The van der Waals surface area contributed by atoms with Gasteiger partial charge in [0.05, 0.1) is 25.8 Å². The van der Waals surface area contributed by atoms with Crippen molar-refractivity contribution in [2.24, 2.45) is 0 Å². The van der Waals surface area contributed by atoms with E-state index >= 15 is 0 Å². The standard InChI is InChI=1S/C19H23NO3/c1-4-8-16(14-9-6-5-7-10-14)19(21)20-17-12-11-15(22-2)13-18(17)23-3/h5-7,9-13,16H,4,8H2,1-3H3,(H,20,21)/t16-/m0/s1. The maximum atomic E-state index is 12.7. The smallest absolute Gasteiger partial charge is 0.232 e. The Morgan fingerprint density at radius 1 is 1.09 bits per heavy atom. The number of carbonyl (C=O) groups excluding carboxylic acids is 1. The fourth-order valence-electron chi connectivity index (χ4n) is 2.54. The predicted molar refractivity (Wildman–Crippen MR) is 92.3 cm³/mol. The van der Waals surface area contributed by atoms with Crippen LogP contribution in [-0.4, -0.2) is 20.1 Å². The van der Waals surface area contributed by atoms with E-state index in [4.69, 9.17) is 9.47 Å². The first-order valence-electron chi connectivity index (χ1n) is 7.77. The van der Waals surface area contributed by atoms with E-state index in [2.05, 4.69) is 12.2 Å². The summed E-state index contributed by atoms with van der Waals surface area (Å²) < 4.78 is 10.5. The first-order valence-corrected chi connectivity index (χ1v) is 7.77. The highest BCUT2D eigenvalue weighted by Gasteiger charge is 2.20. The number of nitrogens with one attached hydrogen (secondary N) is 1. The average Bonchev–Trinajstić information content (AvgIpc) is 2.60. The zero-order valence-electron chi connectivity index (χ0n) is 13.8. The van der Waals surface area contributed by atoms with E-state index in [1.54, 1.807) is 32.4 Å². The summed E-state index contributed by atoms with van der Waals surface area (Å²) in [5, 5.41) is 2.98. The average molecular weight is 313 g/mol. The summed E-state index contributed by atoms with van der Waals surface area (Å²) in [5.41, 5.74) is 1.68. The summed E-state index contributed by atoms with van der Waals surface area (Å²) in [6, 6.07) is 15.2. The van der Waals surface area contributed by atoms with Crippen molar-refractivity contribution in [3.05, 3.63) is 54.1 Å². The zero-order chi connectivity index (χ0) is 16.7. The number of benzene rings is 2. The molecular formula is C19H23NO3. The third-order valence-corrected chi connectivity index (χ3v) is 3.76. The Hall–Kier alpha value is -2.49. The van der Waals surface area contributed by atoms with Crippen LogP contribution in [0.15, 0.2) is 48.5 Å². The van der Waals surface area contributed by atoms with Crippen molar-refractivity contribution in [1.29, 1.82) is 0 Å². The van der Waals surface area contributed by atoms with Crippen LogP contribution in [0.4, 0.5) is 5.69 Å². The second-order valence-corrected chi connectivity index (χ2v) is 5.31. The normalized spacial score (nSPS) is 11.6. The predicted octanol–water partition coefficient (Wildman–Crippen LogP) is 4.23. The van der Waals surface area contributed by atoms with Crippen LogP contribution in [0.2, 0.25) is 0 Å². The molecule has 0 unspecified atom stereocenters. The molecule has 0 saturated carbocycles. The number of hydrogen-bond acceptors (Lipinski definition) is 3. The lowest BCUT2D eigenvalue weighted by molar-refractivity contribution is -0.117. The molecule has 0 aliphatic rings. The Bertz CT molecular complexity index is 640. The van der Waals surface area contributed by atoms with Crippen molar-refractivity contribution < 1.29 is 14.3 Å². The Labute approximate surface area is 137 Å². The first-order chi connectivity index (χ1) is 11.2. The lowest BCUT2D eigenvalue weighted by atomic mass is 9.93. The fourth-order valence-corrected chi connectivity index (χ4v) is 2.54. The van der Waals surface area contributed by atoms with Gasteiger partial charge in [-0.3, -0.25) is 4.79 Å². The number of carbonyl (C=O) groups is 1. The SMILES string of the molecule is CCC[C@H](C(=O)Nc1ccc(OC)cc1OC)c1ccccc1. The van der Waals surface area contributed by atoms with Gasteiger partial charge < -0.3 is 14.8 Å². The number of rotatable bonds is 7. The van der Waals surface area contributed by atoms with Crippen LogP contribution in [-0.2, 0) is 4.79 Å². The lowest BCUT2D eigenvalue weighted by Gasteiger charge is -2.18. The molecule has 4 nitrogen and oxygen atoms in total. The Balaban J connectivity index is 2.22. The molecule has 0 bridgehead atoms. The highest BCUT2D eigenvalue weighted by Crippen LogP contribution is 2.31. The number of hydrogen-bond donors (Lipinski definition) is 1. The van der Waals surface area contributed by atoms with Crippen LogP contribution in [0.5, 0.6) is 11.5 Å². The summed E-state index contributed by atoms with van der Waals surface area (Å²) in [5.74, 6) is 1.07. The van der Waals surface area contributed by atoms with E-state index in [1.165, 1.54) is 0 Å². The molecule has 1 amide bonds. The molecule has 0 radical (unpaired) electrons. The number of amides is 1. The van der Waals surface area contributed by atoms with Gasteiger partial charge in [-0.2, -0.15) is 0 Å². The third kappa shape index (κ3) is 4.25. The Morgan fingerprint density at radius 2 is 1.83 bits per heavy atom. The van der Waals surface area contributed by atoms with Gasteiger partial charge >= 0.3 is 0 Å². The quantitative estimate of drug-likeness (QED) is 0.832. The molecule has 0 fully saturated rings. The summed E-state index contributed by atoms with van der Waals surface area (Å²) in [7, 11) is 3.17. The second kappa shape index (κ2) is 8.22. The molecule has 0 aromatic heterocycles. The van der Waals surface area contributed by atoms with Crippen molar-refractivity contribution in [3.8, 4) is 11.5 Å². The van der Waals surface area contributed by atoms with Crippen molar-refractivity contribution in [2.45, 2.75) is 25.7 Å². The second-order valence-electron chi connectivity index (χ2n) is 5.31. The van der Waals surface area contributed by atoms with Crippen molar-refractivity contribution >= 4 is 11.6 Å². The molecule has 4 heteroatoms. The van der Waals surface area contributed by atoms with Crippen LogP contribution in [0.3, 0.4) is 0 Å². The van der Waals surface area contributed by atoms with E-state index in [-0.39, 0.29) is 11.8 Å². The Morgan fingerprint density at radius 3 is 2.43 bits per heavy atom. The van der Waals surface area contributed by atoms with Gasteiger partial charge in [0, 0.05) is 6.07 Å². The lowest BCUT2D eigenvalue weighted by Crippen LogP contribution is -2.21. The minimum absolute atomic E-state index is 0.0264. The summed E-state index contributed by atoms with van der Waals surface area (Å²) >= 11 is 0. The van der Waals surface area contributed by atoms with Crippen molar-refractivity contribution in [3.63, 3.8) is 0 Å². The van der Waals surface area contributed by atoms with Gasteiger partial charge in [-0.05, 0) is 24.1 Å². The topological polar surface area (TPSA) is 47.6 Å². The number of anilines is 1. The number of methoxy groups -OCH3 is 2. The van der Waals surface area contributed by atoms with E-state index in [1.807, 2.05) is 30.3 Å². The maximum Gasteiger partial charge on any atom is 0.232 e. The molecule has 0 aliphatic carbocycles. The van der Waals surface area contributed by atoms with Gasteiger partial charge in [-0.1, -0.05) is 43.7 Å². The summed E-state index contributed by atoms with van der Waals surface area (Å²) in [6.07, 6.45) is 1.74. The minimum Gasteiger partial charge on any atom is -0.497 e. The van der Waals surface area contributed by atoms with E-state index in [9.17, 15) is 4.79 Å². The van der Waals surface area contributed by atoms with Crippen LogP contribution in [0.25, 0.3) is 0 Å². The van der Waals surface area contributed by atoms with Crippen LogP contribution >= 0.6 is 0 Å².